The predicted molar refractivity (Wildman–Crippen MR) is 42.1 cm³/mol. The van der Waals surface area contributed by atoms with E-state index in [1.807, 2.05) is 31.7 Å². The Bertz CT molecular complexity index is 145. The van der Waals surface area contributed by atoms with Gasteiger partial charge in [0.1, 0.15) is 0 Å². The van der Waals surface area contributed by atoms with E-state index in [-0.39, 0.29) is 0 Å². The second-order valence-electron chi connectivity index (χ2n) is 2.07. The lowest BCUT2D eigenvalue weighted by Crippen LogP contribution is -2.22. The highest BCUT2D eigenvalue weighted by Crippen LogP contribution is 1.96. The van der Waals surface area contributed by atoms with Crippen LogP contribution in [0.15, 0.2) is 24.3 Å². The molecule has 1 rings (SSSR count). The molecule has 2 nitrogen and oxygen atoms in total. The molecule has 0 spiro atoms. The minimum absolute atomic E-state index is 0.772. The predicted octanol–water partition coefficient (Wildman–Crippen LogP) is 1.29. The summed E-state index contributed by atoms with van der Waals surface area (Å²) in [6.45, 7) is 2.86. The number of nitrogens with zero attached hydrogens (tertiary/aromatic N) is 1. The lowest BCUT2D eigenvalue weighted by atomic mass is 9.92. The van der Waals surface area contributed by atoms with E-state index in [9.17, 15) is 0 Å². The molecule has 1 aliphatic rings. The average molecular weight is 136 g/mol. The molecule has 0 amide bonds. The molecular formula is C7H11BNO. The van der Waals surface area contributed by atoms with Gasteiger partial charge in [-0.1, -0.05) is 19.0 Å². The zero-order chi connectivity index (χ0) is 7.23. The summed E-state index contributed by atoms with van der Waals surface area (Å²) >= 11 is 0. The minimum Gasteiger partial charge on any atom is -0.308 e. The molecular weight excluding hydrogens is 125 g/mol. The number of rotatable bonds is 3. The highest BCUT2D eigenvalue weighted by molar-refractivity contribution is 6.39. The van der Waals surface area contributed by atoms with E-state index >= 15 is 0 Å². The molecule has 53 valence electrons. The maximum absolute atomic E-state index is 5.27. The van der Waals surface area contributed by atoms with Crippen LogP contribution in [0.4, 0.5) is 0 Å². The highest BCUT2D eigenvalue weighted by Gasteiger charge is 1.99. The average Bonchev–Trinajstić information content (AvgIpc) is 2.03. The maximum Gasteiger partial charge on any atom is 0.314 e. The molecule has 0 aliphatic carbocycles. The lowest BCUT2D eigenvalue weighted by molar-refractivity contribution is -0.0493. The standard InChI is InChI=1S/C7H11BNO/c1-2-7-10-9-6-4-3-5-8-9/h3-6H,2,7H2,1H3. The third-order valence-electron chi connectivity index (χ3n) is 1.13. The zero-order valence-corrected chi connectivity index (χ0v) is 6.16. The second kappa shape index (κ2) is 4.17. The molecule has 1 heterocycles. The van der Waals surface area contributed by atoms with Gasteiger partial charge in [-0.15, -0.1) is 0 Å². The summed E-state index contributed by atoms with van der Waals surface area (Å²) < 4.78 is 0. The molecule has 0 saturated heterocycles. The number of hydrogen-bond donors (Lipinski definition) is 0. The fourth-order valence-electron chi connectivity index (χ4n) is 0.666. The van der Waals surface area contributed by atoms with Gasteiger partial charge in [0.15, 0.2) is 0 Å². The number of hydrogen-bond acceptors (Lipinski definition) is 2. The van der Waals surface area contributed by atoms with Gasteiger partial charge in [-0.25, -0.2) is 0 Å². The van der Waals surface area contributed by atoms with E-state index in [2.05, 4.69) is 6.92 Å². The van der Waals surface area contributed by atoms with Crippen LogP contribution in [0, 0.1) is 0 Å². The minimum atomic E-state index is 0.772. The number of allylic oxidation sites excluding steroid dienone is 2. The quantitative estimate of drug-likeness (QED) is 0.542. The Morgan fingerprint density at radius 3 is 3.00 bits per heavy atom. The van der Waals surface area contributed by atoms with E-state index in [0.29, 0.717) is 0 Å². The molecule has 0 aromatic rings. The first-order chi connectivity index (χ1) is 4.93. The molecule has 3 heteroatoms. The third-order valence-corrected chi connectivity index (χ3v) is 1.13. The third kappa shape index (κ3) is 2.27. The van der Waals surface area contributed by atoms with Crippen molar-refractivity contribution in [3.63, 3.8) is 0 Å². The van der Waals surface area contributed by atoms with Crippen molar-refractivity contribution >= 4 is 7.41 Å². The lowest BCUT2D eigenvalue weighted by Gasteiger charge is -2.18. The molecule has 0 atom stereocenters. The van der Waals surface area contributed by atoms with Crippen LogP contribution in [0.1, 0.15) is 13.3 Å². The Morgan fingerprint density at radius 2 is 2.40 bits per heavy atom. The Kier molecular flexibility index (Phi) is 3.09. The second-order valence-corrected chi connectivity index (χ2v) is 2.07. The van der Waals surface area contributed by atoms with Crippen molar-refractivity contribution in [1.29, 1.82) is 0 Å². The molecule has 0 N–H and O–H groups in total. The van der Waals surface area contributed by atoms with Gasteiger partial charge in [0.25, 0.3) is 0 Å². The highest BCUT2D eigenvalue weighted by atomic mass is 16.7. The van der Waals surface area contributed by atoms with Crippen LogP contribution < -0.4 is 0 Å². The van der Waals surface area contributed by atoms with Crippen molar-refractivity contribution in [3.8, 4) is 0 Å². The van der Waals surface area contributed by atoms with Crippen LogP contribution in [0.5, 0.6) is 0 Å². The normalized spacial score (nSPS) is 15.5. The van der Waals surface area contributed by atoms with Crippen molar-refractivity contribution in [2.45, 2.75) is 13.3 Å². The Hall–Kier alpha value is -0.695. The van der Waals surface area contributed by atoms with Gasteiger partial charge in [0, 0.05) is 6.20 Å². The smallest absolute Gasteiger partial charge is 0.308 e. The van der Waals surface area contributed by atoms with Gasteiger partial charge in [-0.3, -0.25) is 4.84 Å². The fourth-order valence-corrected chi connectivity index (χ4v) is 0.666. The van der Waals surface area contributed by atoms with Gasteiger partial charge in [0.05, 0.1) is 6.61 Å². The Labute approximate surface area is 62.4 Å². The van der Waals surface area contributed by atoms with Crippen LogP contribution in [0.2, 0.25) is 0 Å². The van der Waals surface area contributed by atoms with E-state index in [0.717, 1.165) is 13.0 Å². The molecule has 0 unspecified atom stereocenters. The Balaban J connectivity index is 2.17. The summed E-state index contributed by atoms with van der Waals surface area (Å²) in [6.07, 6.45) is 6.83. The molecule has 0 aromatic heterocycles. The summed E-state index contributed by atoms with van der Waals surface area (Å²) in [7, 11) is 1.88. The van der Waals surface area contributed by atoms with Crippen molar-refractivity contribution < 1.29 is 4.84 Å². The first kappa shape index (κ1) is 7.41. The summed E-state index contributed by atoms with van der Waals surface area (Å²) in [5, 5.41) is 0. The Morgan fingerprint density at radius 1 is 1.50 bits per heavy atom. The van der Waals surface area contributed by atoms with Gasteiger partial charge in [-0.2, -0.15) is 0 Å². The summed E-state index contributed by atoms with van der Waals surface area (Å²) in [5.41, 5.74) is 0. The topological polar surface area (TPSA) is 12.5 Å². The number of hydroxylamine groups is 1. The maximum atomic E-state index is 5.27. The van der Waals surface area contributed by atoms with Crippen LogP contribution in [-0.4, -0.2) is 19.0 Å². The van der Waals surface area contributed by atoms with Gasteiger partial charge in [-0.05, 0) is 12.5 Å². The zero-order valence-electron chi connectivity index (χ0n) is 6.16. The van der Waals surface area contributed by atoms with Crippen LogP contribution >= 0.6 is 0 Å². The SMILES string of the molecule is CCCON1[B]C=CC=C1. The molecule has 10 heavy (non-hydrogen) atoms. The largest absolute Gasteiger partial charge is 0.314 e. The van der Waals surface area contributed by atoms with Gasteiger partial charge < -0.3 is 4.97 Å². The van der Waals surface area contributed by atoms with Crippen molar-refractivity contribution in [2.24, 2.45) is 0 Å². The van der Waals surface area contributed by atoms with E-state index in [4.69, 9.17) is 4.84 Å². The summed E-state index contributed by atoms with van der Waals surface area (Å²) in [6, 6.07) is 0. The first-order valence-corrected chi connectivity index (χ1v) is 3.53. The molecule has 1 aliphatic heterocycles. The van der Waals surface area contributed by atoms with Gasteiger partial charge >= 0.3 is 7.41 Å². The molecule has 1 radical (unpaired) electrons. The molecule has 0 fully saturated rings. The van der Waals surface area contributed by atoms with Gasteiger partial charge in [0.2, 0.25) is 0 Å². The van der Waals surface area contributed by atoms with E-state index < -0.39 is 0 Å². The summed E-state index contributed by atoms with van der Waals surface area (Å²) in [4.78, 5) is 6.98. The van der Waals surface area contributed by atoms with Crippen LogP contribution in [0.25, 0.3) is 0 Å². The van der Waals surface area contributed by atoms with Crippen molar-refractivity contribution in [1.82, 2.24) is 4.97 Å². The van der Waals surface area contributed by atoms with Crippen molar-refractivity contribution in [3.05, 3.63) is 24.3 Å². The molecule has 0 saturated carbocycles. The fraction of sp³-hybridized carbons (Fsp3) is 0.429. The first-order valence-electron chi connectivity index (χ1n) is 3.53. The monoisotopic (exact) mass is 136 g/mol. The van der Waals surface area contributed by atoms with E-state index in [1.54, 1.807) is 4.97 Å². The van der Waals surface area contributed by atoms with Crippen molar-refractivity contribution in [2.75, 3.05) is 6.61 Å². The summed E-state index contributed by atoms with van der Waals surface area (Å²) in [5.74, 6) is 1.94. The van der Waals surface area contributed by atoms with Crippen LogP contribution in [-0.2, 0) is 4.84 Å². The van der Waals surface area contributed by atoms with E-state index in [1.165, 1.54) is 0 Å². The van der Waals surface area contributed by atoms with Crippen LogP contribution in [0.3, 0.4) is 0 Å². The molecule has 0 bridgehead atoms. The molecule has 0 aromatic carbocycles.